The van der Waals surface area contributed by atoms with E-state index in [0.29, 0.717) is 0 Å². The van der Waals surface area contributed by atoms with Gasteiger partial charge in [0.2, 0.25) is 5.91 Å². The third-order valence-electron chi connectivity index (χ3n) is 4.44. The number of hydrogen-bond acceptors (Lipinski definition) is 3. The van der Waals surface area contributed by atoms with E-state index in [9.17, 15) is 4.79 Å². The molecule has 1 heterocycles. The number of nitrogens with two attached hydrogens (primary N) is 1. The van der Waals surface area contributed by atoms with Gasteiger partial charge in [0.15, 0.2) is 0 Å². The van der Waals surface area contributed by atoms with Gasteiger partial charge >= 0.3 is 0 Å². The van der Waals surface area contributed by atoms with Crippen LogP contribution in [-0.4, -0.2) is 48.9 Å². The molecule has 116 valence electrons. The summed E-state index contributed by atoms with van der Waals surface area (Å²) in [5, 5.41) is 0. The van der Waals surface area contributed by atoms with Gasteiger partial charge in [-0.05, 0) is 31.5 Å². The first-order valence-corrected chi connectivity index (χ1v) is 7.87. The Kier molecular flexibility index (Phi) is 5.76. The first kappa shape index (κ1) is 16.0. The van der Waals surface area contributed by atoms with E-state index in [-0.39, 0.29) is 17.9 Å². The molecule has 1 amide bonds. The van der Waals surface area contributed by atoms with E-state index in [2.05, 4.69) is 4.90 Å². The molecule has 1 aromatic carbocycles. The van der Waals surface area contributed by atoms with Crippen molar-refractivity contribution >= 4 is 5.91 Å². The van der Waals surface area contributed by atoms with Gasteiger partial charge < -0.3 is 15.5 Å². The van der Waals surface area contributed by atoms with E-state index in [1.165, 1.54) is 25.9 Å². The number of likely N-dealkylation sites (tertiary alicyclic amines) is 1. The number of amides is 1. The molecule has 2 unspecified atom stereocenters. The molecule has 1 aromatic rings. The van der Waals surface area contributed by atoms with Crippen molar-refractivity contribution in [1.82, 2.24) is 9.80 Å². The largest absolute Gasteiger partial charge is 0.344 e. The zero-order chi connectivity index (χ0) is 15.2. The fourth-order valence-electron chi connectivity index (χ4n) is 2.87. The number of likely N-dealkylation sites (N-methyl/N-ethyl adjacent to an activating group) is 1. The van der Waals surface area contributed by atoms with E-state index >= 15 is 0 Å². The van der Waals surface area contributed by atoms with Crippen molar-refractivity contribution in [2.24, 2.45) is 11.7 Å². The highest BCUT2D eigenvalue weighted by Crippen LogP contribution is 2.20. The first-order valence-electron chi connectivity index (χ1n) is 7.87. The summed E-state index contributed by atoms with van der Waals surface area (Å²) in [6.45, 7) is 6.01. The molecule has 1 fully saturated rings. The zero-order valence-electron chi connectivity index (χ0n) is 13.2. The Morgan fingerprint density at radius 2 is 1.90 bits per heavy atom. The van der Waals surface area contributed by atoms with Crippen LogP contribution in [0.2, 0.25) is 0 Å². The quantitative estimate of drug-likeness (QED) is 0.870. The van der Waals surface area contributed by atoms with Crippen LogP contribution >= 0.6 is 0 Å². The summed E-state index contributed by atoms with van der Waals surface area (Å²) >= 11 is 0. The second-order valence-corrected chi connectivity index (χ2v) is 6.03. The number of hydrogen-bond donors (Lipinski definition) is 1. The SMILES string of the molecule is CC(C(=O)N(C)CCN1CCCC1)C(N)c1ccccc1. The van der Waals surface area contributed by atoms with E-state index in [4.69, 9.17) is 5.73 Å². The summed E-state index contributed by atoms with van der Waals surface area (Å²) < 4.78 is 0. The second kappa shape index (κ2) is 7.57. The molecule has 1 saturated heterocycles. The predicted molar refractivity (Wildman–Crippen MR) is 85.8 cm³/mol. The molecule has 0 spiro atoms. The van der Waals surface area contributed by atoms with Crippen LogP contribution in [0.4, 0.5) is 0 Å². The average Bonchev–Trinajstić information content (AvgIpc) is 3.04. The minimum atomic E-state index is -0.243. The van der Waals surface area contributed by atoms with Crippen molar-refractivity contribution in [3.8, 4) is 0 Å². The minimum absolute atomic E-state index is 0.130. The summed E-state index contributed by atoms with van der Waals surface area (Å²) in [5.41, 5.74) is 7.26. The molecule has 0 radical (unpaired) electrons. The summed E-state index contributed by atoms with van der Waals surface area (Å²) in [6.07, 6.45) is 2.57. The van der Waals surface area contributed by atoms with Gasteiger partial charge in [-0.15, -0.1) is 0 Å². The third kappa shape index (κ3) is 4.29. The molecule has 2 atom stereocenters. The van der Waals surface area contributed by atoms with Crippen molar-refractivity contribution in [1.29, 1.82) is 0 Å². The average molecular weight is 289 g/mol. The summed E-state index contributed by atoms with van der Waals surface area (Å²) in [4.78, 5) is 16.7. The Balaban J connectivity index is 1.85. The van der Waals surface area contributed by atoms with Crippen molar-refractivity contribution in [2.45, 2.75) is 25.8 Å². The normalized spacial score (nSPS) is 18.4. The number of benzene rings is 1. The smallest absolute Gasteiger partial charge is 0.227 e. The highest BCUT2D eigenvalue weighted by molar-refractivity contribution is 5.79. The summed E-state index contributed by atoms with van der Waals surface area (Å²) in [7, 11) is 1.88. The lowest BCUT2D eigenvalue weighted by molar-refractivity contribution is -0.134. The molecule has 1 aliphatic heterocycles. The Hall–Kier alpha value is -1.39. The zero-order valence-corrected chi connectivity index (χ0v) is 13.2. The molecule has 2 N–H and O–H groups in total. The lowest BCUT2D eigenvalue weighted by Gasteiger charge is -2.27. The molecule has 0 bridgehead atoms. The standard InChI is InChI=1S/C17H27N3O/c1-14(16(18)15-8-4-3-5-9-15)17(21)19(2)12-13-20-10-6-7-11-20/h3-5,8-9,14,16H,6-7,10-13,18H2,1-2H3. The van der Waals surface area contributed by atoms with Crippen LogP contribution in [0.5, 0.6) is 0 Å². The molecule has 4 nitrogen and oxygen atoms in total. The lowest BCUT2D eigenvalue weighted by atomic mass is 9.94. The Morgan fingerprint density at radius 1 is 1.29 bits per heavy atom. The molecule has 0 aliphatic carbocycles. The van der Waals surface area contributed by atoms with E-state index < -0.39 is 0 Å². The van der Waals surface area contributed by atoms with Crippen LogP contribution in [0.3, 0.4) is 0 Å². The summed E-state index contributed by atoms with van der Waals surface area (Å²) in [5.74, 6) is -0.0680. The third-order valence-corrected chi connectivity index (χ3v) is 4.44. The fourth-order valence-corrected chi connectivity index (χ4v) is 2.87. The van der Waals surface area contributed by atoms with E-state index in [1.807, 2.05) is 49.2 Å². The molecule has 21 heavy (non-hydrogen) atoms. The predicted octanol–water partition coefficient (Wildman–Crippen LogP) is 1.88. The van der Waals surface area contributed by atoms with Gasteiger partial charge in [0.25, 0.3) is 0 Å². The van der Waals surface area contributed by atoms with E-state index in [1.54, 1.807) is 0 Å². The van der Waals surface area contributed by atoms with Crippen molar-refractivity contribution in [3.05, 3.63) is 35.9 Å². The van der Waals surface area contributed by atoms with Gasteiger partial charge in [-0.3, -0.25) is 4.79 Å². The van der Waals surface area contributed by atoms with Gasteiger partial charge in [0.05, 0.1) is 5.92 Å². The molecule has 0 saturated carbocycles. The number of carbonyl (C=O) groups excluding carboxylic acids is 1. The van der Waals surface area contributed by atoms with Crippen molar-refractivity contribution in [2.75, 3.05) is 33.2 Å². The molecule has 4 heteroatoms. The molecular weight excluding hydrogens is 262 g/mol. The van der Waals surface area contributed by atoms with Gasteiger partial charge in [0.1, 0.15) is 0 Å². The van der Waals surface area contributed by atoms with Crippen LogP contribution < -0.4 is 5.73 Å². The molecule has 1 aliphatic rings. The van der Waals surface area contributed by atoms with Crippen molar-refractivity contribution in [3.63, 3.8) is 0 Å². The number of carbonyl (C=O) groups is 1. The lowest BCUT2D eigenvalue weighted by Crippen LogP contribution is -2.40. The van der Waals surface area contributed by atoms with Crippen molar-refractivity contribution < 1.29 is 4.79 Å². The van der Waals surface area contributed by atoms with Crippen LogP contribution in [0.15, 0.2) is 30.3 Å². The number of nitrogens with zero attached hydrogens (tertiary/aromatic N) is 2. The van der Waals surface area contributed by atoms with Crippen LogP contribution in [0.25, 0.3) is 0 Å². The Labute approximate surface area is 127 Å². The topological polar surface area (TPSA) is 49.6 Å². The van der Waals surface area contributed by atoms with E-state index in [0.717, 1.165) is 18.7 Å². The first-order chi connectivity index (χ1) is 10.1. The number of rotatable bonds is 6. The summed E-state index contributed by atoms with van der Waals surface area (Å²) in [6, 6.07) is 9.61. The van der Waals surface area contributed by atoms with Gasteiger partial charge in [-0.1, -0.05) is 37.3 Å². The monoisotopic (exact) mass is 289 g/mol. The highest BCUT2D eigenvalue weighted by Gasteiger charge is 2.25. The maximum Gasteiger partial charge on any atom is 0.227 e. The Bertz CT molecular complexity index is 443. The van der Waals surface area contributed by atoms with Gasteiger partial charge in [-0.2, -0.15) is 0 Å². The fraction of sp³-hybridized carbons (Fsp3) is 0.588. The minimum Gasteiger partial charge on any atom is -0.344 e. The highest BCUT2D eigenvalue weighted by atomic mass is 16.2. The van der Waals surface area contributed by atoms with Gasteiger partial charge in [0, 0.05) is 26.2 Å². The van der Waals surface area contributed by atoms with Crippen LogP contribution in [-0.2, 0) is 4.79 Å². The second-order valence-electron chi connectivity index (χ2n) is 6.03. The van der Waals surface area contributed by atoms with Gasteiger partial charge in [-0.25, -0.2) is 0 Å². The maximum absolute atomic E-state index is 12.5. The van der Waals surface area contributed by atoms with Crippen LogP contribution in [0, 0.1) is 5.92 Å². The molecule has 2 rings (SSSR count). The molecular formula is C17H27N3O. The van der Waals surface area contributed by atoms with Crippen LogP contribution in [0.1, 0.15) is 31.4 Å². The Morgan fingerprint density at radius 3 is 2.52 bits per heavy atom. The molecule has 0 aromatic heterocycles. The maximum atomic E-state index is 12.5.